The lowest BCUT2D eigenvalue weighted by Crippen LogP contribution is -2.13. The first-order valence-corrected chi connectivity index (χ1v) is 8.33. The molecule has 0 spiro atoms. The van der Waals surface area contributed by atoms with Crippen LogP contribution in [0.1, 0.15) is 24.5 Å². The Hall–Kier alpha value is -2.89. The molecule has 1 unspecified atom stereocenters. The lowest BCUT2D eigenvalue weighted by atomic mass is 10.0. The first-order valence-electron chi connectivity index (χ1n) is 8.33. The number of carboxylic acid groups (broad SMARTS) is 1. The summed E-state index contributed by atoms with van der Waals surface area (Å²) in [6, 6.07) is 11.7. The summed E-state index contributed by atoms with van der Waals surface area (Å²) in [6.07, 6.45) is 1.08. The van der Waals surface area contributed by atoms with Crippen LogP contribution in [-0.4, -0.2) is 24.1 Å². The van der Waals surface area contributed by atoms with Crippen molar-refractivity contribution in [2.45, 2.75) is 26.2 Å². The molecule has 0 aromatic heterocycles. The van der Waals surface area contributed by atoms with Gasteiger partial charge in [-0.15, -0.1) is 0 Å². The van der Waals surface area contributed by atoms with Crippen molar-refractivity contribution in [3.8, 4) is 5.75 Å². The molecule has 138 valence electrons. The van der Waals surface area contributed by atoms with E-state index in [0.717, 1.165) is 11.1 Å². The number of nitrogens with one attached hydrogen (secondary N) is 1. The van der Waals surface area contributed by atoms with Gasteiger partial charge in [0.1, 0.15) is 0 Å². The Bertz CT molecular complexity index is 774. The Balaban J connectivity index is 1.85. The molecule has 1 atom stereocenters. The Morgan fingerprint density at radius 1 is 1.15 bits per heavy atom. The van der Waals surface area contributed by atoms with Crippen LogP contribution in [0.3, 0.4) is 0 Å². The average Bonchev–Trinajstić information content (AvgIpc) is 2.61. The minimum Gasteiger partial charge on any atom is -0.494 e. The monoisotopic (exact) mass is 359 g/mol. The number of carbonyl (C=O) groups excluding carboxylic acids is 1. The molecule has 0 aliphatic heterocycles. The van der Waals surface area contributed by atoms with Crippen LogP contribution >= 0.6 is 0 Å². The highest BCUT2D eigenvalue weighted by molar-refractivity contribution is 5.90. The van der Waals surface area contributed by atoms with Gasteiger partial charge in [-0.05, 0) is 48.2 Å². The second-order valence-corrected chi connectivity index (χ2v) is 6.16. The number of hydrogen-bond donors (Lipinski definition) is 2. The molecule has 0 saturated heterocycles. The number of rotatable bonds is 8. The van der Waals surface area contributed by atoms with Crippen LogP contribution < -0.4 is 10.1 Å². The molecular weight excluding hydrogens is 337 g/mol. The van der Waals surface area contributed by atoms with Crippen LogP contribution in [0, 0.1) is 11.7 Å². The van der Waals surface area contributed by atoms with Gasteiger partial charge in [-0.25, -0.2) is 4.39 Å². The molecule has 0 saturated carbocycles. The zero-order chi connectivity index (χ0) is 19.1. The molecule has 1 amide bonds. The number of ether oxygens (including phenoxy) is 1. The summed E-state index contributed by atoms with van der Waals surface area (Å²) in [5, 5.41) is 11.7. The average molecular weight is 359 g/mol. The number of halogens is 1. The number of aryl methyl sites for hydroxylation is 1. The maximum Gasteiger partial charge on any atom is 0.306 e. The second kappa shape index (κ2) is 8.99. The van der Waals surface area contributed by atoms with Gasteiger partial charge in [-0.1, -0.05) is 25.1 Å². The van der Waals surface area contributed by atoms with Gasteiger partial charge < -0.3 is 15.2 Å². The molecule has 6 heteroatoms. The molecule has 0 aliphatic rings. The van der Waals surface area contributed by atoms with Gasteiger partial charge in [-0.3, -0.25) is 9.59 Å². The van der Waals surface area contributed by atoms with Gasteiger partial charge in [0, 0.05) is 12.1 Å². The van der Waals surface area contributed by atoms with E-state index in [-0.39, 0.29) is 18.1 Å². The smallest absolute Gasteiger partial charge is 0.306 e. The summed E-state index contributed by atoms with van der Waals surface area (Å²) in [7, 11) is 1.40. The molecule has 2 N–H and O–H groups in total. The lowest BCUT2D eigenvalue weighted by Gasteiger charge is -2.09. The molecule has 5 nitrogen and oxygen atoms in total. The first kappa shape index (κ1) is 19.4. The molecule has 2 rings (SSSR count). The summed E-state index contributed by atoms with van der Waals surface area (Å²) in [6.45, 7) is 1.65. The van der Waals surface area contributed by atoms with E-state index in [1.807, 2.05) is 0 Å². The molecule has 0 fully saturated rings. The predicted octanol–water partition coefficient (Wildman–Crippen LogP) is 3.67. The number of carbonyl (C=O) groups is 2. The van der Waals surface area contributed by atoms with E-state index in [4.69, 9.17) is 9.84 Å². The number of aliphatic carboxylic acids is 1. The van der Waals surface area contributed by atoms with Gasteiger partial charge in [0.15, 0.2) is 11.6 Å². The third-order valence-electron chi connectivity index (χ3n) is 4.06. The SMILES string of the molecule is COc1ccc(CCC(=O)Nc2ccc(CC(C)C(=O)O)cc2)cc1F. The highest BCUT2D eigenvalue weighted by Gasteiger charge is 2.11. The maximum absolute atomic E-state index is 13.6. The van der Waals surface area contributed by atoms with E-state index in [1.54, 1.807) is 43.3 Å². The van der Waals surface area contributed by atoms with Gasteiger partial charge in [-0.2, -0.15) is 0 Å². The highest BCUT2D eigenvalue weighted by Crippen LogP contribution is 2.19. The fraction of sp³-hybridized carbons (Fsp3) is 0.300. The molecule has 0 heterocycles. The maximum atomic E-state index is 13.6. The quantitative estimate of drug-likeness (QED) is 0.754. The van der Waals surface area contributed by atoms with Crippen molar-refractivity contribution in [2.75, 3.05) is 12.4 Å². The Morgan fingerprint density at radius 2 is 1.81 bits per heavy atom. The topological polar surface area (TPSA) is 75.6 Å². The van der Waals surface area contributed by atoms with Crippen LogP contribution in [0.2, 0.25) is 0 Å². The van der Waals surface area contributed by atoms with Crippen LogP contribution in [0.5, 0.6) is 5.75 Å². The van der Waals surface area contributed by atoms with Crippen molar-refractivity contribution in [3.05, 3.63) is 59.4 Å². The summed E-state index contributed by atoms with van der Waals surface area (Å²) < 4.78 is 18.5. The fourth-order valence-corrected chi connectivity index (χ4v) is 2.51. The van der Waals surface area contributed by atoms with Gasteiger partial charge >= 0.3 is 5.97 Å². The normalized spacial score (nSPS) is 11.7. The number of amides is 1. The van der Waals surface area contributed by atoms with Crippen molar-refractivity contribution in [1.82, 2.24) is 0 Å². The van der Waals surface area contributed by atoms with Gasteiger partial charge in [0.05, 0.1) is 13.0 Å². The van der Waals surface area contributed by atoms with Crippen LogP contribution in [0.15, 0.2) is 42.5 Å². The minimum absolute atomic E-state index is 0.173. The minimum atomic E-state index is -0.836. The van der Waals surface area contributed by atoms with Crippen molar-refractivity contribution < 1.29 is 23.8 Å². The summed E-state index contributed by atoms with van der Waals surface area (Å²) in [5.74, 6) is -1.74. The van der Waals surface area contributed by atoms with Crippen molar-refractivity contribution in [3.63, 3.8) is 0 Å². The number of carboxylic acids is 1. The lowest BCUT2D eigenvalue weighted by molar-refractivity contribution is -0.141. The highest BCUT2D eigenvalue weighted by atomic mass is 19.1. The van der Waals surface area contributed by atoms with Crippen molar-refractivity contribution >= 4 is 17.6 Å². The largest absolute Gasteiger partial charge is 0.494 e. The third kappa shape index (κ3) is 5.58. The number of anilines is 1. The Morgan fingerprint density at radius 3 is 2.38 bits per heavy atom. The van der Waals surface area contributed by atoms with Crippen LogP contribution in [-0.2, 0) is 22.4 Å². The van der Waals surface area contributed by atoms with Gasteiger partial charge in [0.25, 0.3) is 0 Å². The zero-order valence-electron chi connectivity index (χ0n) is 14.8. The van der Waals surface area contributed by atoms with E-state index in [2.05, 4.69) is 5.32 Å². The molecule has 26 heavy (non-hydrogen) atoms. The summed E-state index contributed by atoms with van der Waals surface area (Å²) in [5.41, 5.74) is 2.26. The van der Waals surface area contributed by atoms with Crippen molar-refractivity contribution in [2.24, 2.45) is 5.92 Å². The van der Waals surface area contributed by atoms with Crippen molar-refractivity contribution in [1.29, 1.82) is 0 Å². The second-order valence-electron chi connectivity index (χ2n) is 6.16. The third-order valence-corrected chi connectivity index (χ3v) is 4.06. The molecule has 0 bridgehead atoms. The van der Waals surface area contributed by atoms with E-state index in [1.165, 1.54) is 13.2 Å². The van der Waals surface area contributed by atoms with E-state index < -0.39 is 17.7 Å². The summed E-state index contributed by atoms with van der Waals surface area (Å²) in [4.78, 5) is 22.9. The molecule has 0 radical (unpaired) electrons. The Kier molecular flexibility index (Phi) is 6.72. The fourth-order valence-electron chi connectivity index (χ4n) is 2.51. The Labute approximate surface area is 151 Å². The predicted molar refractivity (Wildman–Crippen MR) is 96.8 cm³/mol. The molecular formula is C20H22FNO4. The standard InChI is InChI=1S/C20H22FNO4/c1-13(20(24)25)11-14-3-7-16(8-4-14)22-19(23)10-6-15-5-9-18(26-2)17(21)12-15/h3-5,7-9,12-13H,6,10-11H2,1-2H3,(H,22,23)(H,24,25). The zero-order valence-corrected chi connectivity index (χ0v) is 14.8. The van der Waals surface area contributed by atoms with Gasteiger partial charge in [0.2, 0.25) is 5.91 Å². The number of hydrogen-bond acceptors (Lipinski definition) is 3. The van der Waals surface area contributed by atoms with E-state index in [9.17, 15) is 14.0 Å². The summed E-state index contributed by atoms with van der Waals surface area (Å²) >= 11 is 0. The van der Waals surface area contributed by atoms with Crippen LogP contribution in [0.4, 0.5) is 10.1 Å². The van der Waals surface area contributed by atoms with Crippen LogP contribution in [0.25, 0.3) is 0 Å². The molecule has 0 aliphatic carbocycles. The number of methoxy groups -OCH3 is 1. The van der Waals surface area contributed by atoms with E-state index in [0.29, 0.717) is 18.5 Å². The molecule has 2 aromatic carbocycles. The molecule has 2 aromatic rings. The van der Waals surface area contributed by atoms with E-state index >= 15 is 0 Å². The number of benzene rings is 2. The first-order chi connectivity index (χ1) is 12.4.